The minimum Gasteiger partial charge on any atom is -0.444 e. The van der Waals surface area contributed by atoms with Gasteiger partial charge in [0.05, 0.1) is 11.3 Å². The third-order valence-corrected chi connectivity index (χ3v) is 4.75. The van der Waals surface area contributed by atoms with E-state index in [1.807, 2.05) is 26.0 Å². The van der Waals surface area contributed by atoms with Gasteiger partial charge in [-0.15, -0.1) is 0 Å². The lowest BCUT2D eigenvalue weighted by molar-refractivity contribution is 0.0636. The summed E-state index contributed by atoms with van der Waals surface area (Å²) in [5.41, 5.74) is 2.58. The average Bonchev–Trinajstić information content (AvgIpc) is 2.44. The highest BCUT2D eigenvalue weighted by molar-refractivity contribution is 6.03. The molecule has 0 bridgehead atoms. The monoisotopic (exact) mass is 346 g/mol. The van der Waals surface area contributed by atoms with E-state index in [2.05, 4.69) is 17.6 Å². The fourth-order valence-electron chi connectivity index (χ4n) is 2.87. The van der Waals surface area contributed by atoms with Crippen LogP contribution in [0.3, 0.4) is 0 Å². The highest BCUT2D eigenvalue weighted by Gasteiger charge is 2.32. The molecule has 1 aromatic rings. The fourth-order valence-corrected chi connectivity index (χ4v) is 2.87. The zero-order valence-electron chi connectivity index (χ0n) is 16.2. The Hall–Kier alpha value is -2.04. The first-order valence-electron chi connectivity index (χ1n) is 8.89. The summed E-state index contributed by atoms with van der Waals surface area (Å²) in [6.45, 7) is 12.2. The molecule has 25 heavy (non-hydrogen) atoms. The van der Waals surface area contributed by atoms with Crippen LogP contribution < -0.4 is 10.6 Å². The number of ether oxygens (including phenoxy) is 1. The Kier molecular flexibility index (Phi) is 5.45. The van der Waals surface area contributed by atoms with Gasteiger partial charge in [0.25, 0.3) is 5.91 Å². The largest absolute Gasteiger partial charge is 0.444 e. The fraction of sp³-hybridized carbons (Fsp3) is 0.600. The van der Waals surface area contributed by atoms with Crippen LogP contribution in [0.15, 0.2) is 12.1 Å². The first kappa shape index (κ1) is 19.3. The van der Waals surface area contributed by atoms with Crippen LogP contribution in [0.4, 0.5) is 10.5 Å². The number of hydrogen-bond acceptors (Lipinski definition) is 3. The molecule has 1 aliphatic rings. The third-order valence-electron chi connectivity index (χ3n) is 4.75. The molecule has 0 saturated heterocycles. The summed E-state index contributed by atoms with van der Waals surface area (Å²) in [6, 6.07) is 3.64. The molecular formula is C20H30N2O3. The van der Waals surface area contributed by atoms with Crippen LogP contribution >= 0.6 is 0 Å². The molecule has 0 unspecified atom stereocenters. The Morgan fingerprint density at radius 3 is 2.28 bits per heavy atom. The lowest BCUT2D eigenvalue weighted by Gasteiger charge is -2.38. The summed E-state index contributed by atoms with van der Waals surface area (Å²) >= 11 is 0. The molecule has 0 heterocycles. The summed E-state index contributed by atoms with van der Waals surface area (Å²) in [5.74, 6) is -0.165. The van der Waals surface area contributed by atoms with E-state index in [9.17, 15) is 9.59 Å². The minimum absolute atomic E-state index is 0.165. The van der Waals surface area contributed by atoms with E-state index in [0.717, 1.165) is 24.0 Å². The summed E-state index contributed by atoms with van der Waals surface area (Å²) < 4.78 is 5.31. The van der Waals surface area contributed by atoms with E-state index in [-0.39, 0.29) is 11.3 Å². The molecule has 5 nitrogen and oxygen atoms in total. The van der Waals surface area contributed by atoms with Crippen molar-refractivity contribution < 1.29 is 14.3 Å². The number of carbonyl (C=O) groups is 2. The first-order valence-corrected chi connectivity index (χ1v) is 8.89. The van der Waals surface area contributed by atoms with Crippen molar-refractivity contribution in [2.24, 2.45) is 5.41 Å². The number of aryl methyl sites for hydroxylation is 2. The van der Waals surface area contributed by atoms with Crippen molar-refractivity contribution >= 4 is 17.7 Å². The van der Waals surface area contributed by atoms with Gasteiger partial charge >= 0.3 is 6.09 Å². The summed E-state index contributed by atoms with van der Waals surface area (Å²) in [6.07, 6.45) is 2.95. The second-order valence-electron chi connectivity index (χ2n) is 8.46. The standard InChI is InChI=1S/C20H30N2O3/c1-13-10-15(17(23)21-12-20(6)8-7-9-20)16(11-14(13)2)22-18(24)25-19(3,4)5/h10-11H,7-9,12H2,1-6H3,(H,21,23)(H,22,24). The van der Waals surface area contributed by atoms with E-state index >= 15 is 0 Å². The zero-order chi connectivity index (χ0) is 18.8. The molecule has 0 aliphatic heterocycles. The molecule has 0 aromatic heterocycles. The Morgan fingerprint density at radius 1 is 1.16 bits per heavy atom. The second kappa shape index (κ2) is 7.06. The van der Waals surface area contributed by atoms with Gasteiger partial charge in [-0.2, -0.15) is 0 Å². The van der Waals surface area contributed by atoms with Crippen LogP contribution in [0.2, 0.25) is 0 Å². The van der Waals surface area contributed by atoms with Crippen LogP contribution in [-0.2, 0) is 4.74 Å². The van der Waals surface area contributed by atoms with Gasteiger partial charge in [0.1, 0.15) is 5.60 Å². The average molecular weight is 346 g/mol. The molecule has 2 rings (SSSR count). The molecule has 5 heteroatoms. The molecule has 1 aliphatic carbocycles. The summed E-state index contributed by atoms with van der Waals surface area (Å²) in [7, 11) is 0. The number of rotatable bonds is 4. The zero-order valence-corrected chi connectivity index (χ0v) is 16.2. The Balaban J connectivity index is 2.16. The number of hydrogen-bond donors (Lipinski definition) is 2. The highest BCUT2D eigenvalue weighted by Crippen LogP contribution is 2.39. The normalized spacial score (nSPS) is 15.9. The smallest absolute Gasteiger partial charge is 0.412 e. The predicted molar refractivity (Wildman–Crippen MR) is 100 cm³/mol. The molecular weight excluding hydrogens is 316 g/mol. The van der Waals surface area contributed by atoms with E-state index in [1.165, 1.54) is 6.42 Å². The highest BCUT2D eigenvalue weighted by atomic mass is 16.6. The van der Waals surface area contributed by atoms with Crippen LogP contribution in [0.5, 0.6) is 0 Å². The topological polar surface area (TPSA) is 67.4 Å². The third kappa shape index (κ3) is 5.21. The number of nitrogens with one attached hydrogen (secondary N) is 2. The SMILES string of the molecule is Cc1cc(NC(=O)OC(C)(C)C)c(C(=O)NCC2(C)CCC2)cc1C. The summed E-state index contributed by atoms with van der Waals surface area (Å²) in [5, 5.41) is 5.74. The van der Waals surface area contributed by atoms with Gasteiger partial charge in [0, 0.05) is 6.54 Å². The van der Waals surface area contributed by atoms with E-state index < -0.39 is 11.7 Å². The van der Waals surface area contributed by atoms with Gasteiger partial charge in [0.15, 0.2) is 0 Å². The van der Waals surface area contributed by atoms with Gasteiger partial charge in [0.2, 0.25) is 0 Å². The van der Waals surface area contributed by atoms with Crippen LogP contribution in [0.25, 0.3) is 0 Å². The number of carbonyl (C=O) groups excluding carboxylic acids is 2. The molecule has 1 aromatic carbocycles. The van der Waals surface area contributed by atoms with Crippen molar-refractivity contribution in [3.8, 4) is 0 Å². The van der Waals surface area contributed by atoms with E-state index in [1.54, 1.807) is 20.8 Å². The van der Waals surface area contributed by atoms with Crippen molar-refractivity contribution in [1.29, 1.82) is 0 Å². The van der Waals surface area contributed by atoms with Gasteiger partial charge in [-0.1, -0.05) is 13.3 Å². The molecule has 2 amide bonds. The van der Waals surface area contributed by atoms with Crippen molar-refractivity contribution in [2.45, 2.75) is 66.4 Å². The maximum atomic E-state index is 12.7. The van der Waals surface area contributed by atoms with Gasteiger partial charge in [-0.05, 0) is 76.1 Å². The maximum absolute atomic E-state index is 12.7. The molecule has 1 fully saturated rings. The van der Waals surface area contributed by atoms with Crippen LogP contribution in [0, 0.1) is 19.3 Å². The van der Waals surface area contributed by atoms with Gasteiger partial charge in [-0.25, -0.2) is 4.79 Å². The van der Waals surface area contributed by atoms with Gasteiger partial charge < -0.3 is 10.1 Å². The summed E-state index contributed by atoms with van der Waals surface area (Å²) in [4.78, 5) is 24.8. The maximum Gasteiger partial charge on any atom is 0.412 e. The van der Waals surface area contributed by atoms with Gasteiger partial charge in [-0.3, -0.25) is 10.1 Å². The Bertz CT molecular complexity index is 670. The van der Waals surface area contributed by atoms with E-state index in [4.69, 9.17) is 4.74 Å². The molecule has 2 N–H and O–H groups in total. The predicted octanol–water partition coefficient (Wildman–Crippen LogP) is 4.57. The molecule has 0 radical (unpaired) electrons. The minimum atomic E-state index is -0.592. The number of amides is 2. The molecule has 0 atom stereocenters. The first-order chi connectivity index (χ1) is 11.5. The lowest BCUT2D eigenvalue weighted by atomic mass is 9.70. The molecule has 0 spiro atoms. The van der Waals surface area contributed by atoms with Crippen molar-refractivity contribution in [3.05, 3.63) is 28.8 Å². The number of anilines is 1. The quantitative estimate of drug-likeness (QED) is 0.839. The molecule has 1 saturated carbocycles. The molecule has 138 valence electrons. The lowest BCUT2D eigenvalue weighted by Crippen LogP contribution is -2.40. The number of benzene rings is 1. The van der Waals surface area contributed by atoms with Crippen LogP contribution in [0.1, 0.15) is 68.4 Å². The second-order valence-corrected chi connectivity index (χ2v) is 8.46. The van der Waals surface area contributed by atoms with Crippen LogP contribution in [-0.4, -0.2) is 24.1 Å². The Labute approximate surface area is 150 Å². The Morgan fingerprint density at radius 2 is 1.76 bits per heavy atom. The van der Waals surface area contributed by atoms with Crippen molar-refractivity contribution in [3.63, 3.8) is 0 Å². The van der Waals surface area contributed by atoms with Crippen molar-refractivity contribution in [2.75, 3.05) is 11.9 Å². The van der Waals surface area contributed by atoms with E-state index in [0.29, 0.717) is 17.8 Å². The van der Waals surface area contributed by atoms with Crippen molar-refractivity contribution in [1.82, 2.24) is 5.32 Å².